The molecule has 0 bridgehead atoms. The van der Waals surface area contributed by atoms with E-state index in [2.05, 4.69) is 44.0 Å². The van der Waals surface area contributed by atoms with Crippen LogP contribution in [0, 0.1) is 11.8 Å². The van der Waals surface area contributed by atoms with Crippen LogP contribution in [0.4, 0.5) is 5.69 Å². The third kappa shape index (κ3) is 4.44. The Labute approximate surface area is 216 Å². The molecule has 3 atom stereocenters. The number of hydrogen-bond acceptors (Lipinski definition) is 7. The van der Waals surface area contributed by atoms with Gasteiger partial charge in [0, 0.05) is 0 Å². The van der Waals surface area contributed by atoms with E-state index in [1.807, 2.05) is 12.1 Å². The number of piperidine rings is 1. The zero-order valence-corrected chi connectivity index (χ0v) is 23.6. The zero-order valence-electron chi connectivity index (χ0n) is 19.3. The summed E-state index contributed by atoms with van der Waals surface area (Å²) in [6.45, 7) is 4.07. The molecule has 0 aliphatic carbocycles. The minimum absolute atomic E-state index is 0.0844. The fourth-order valence-electron chi connectivity index (χ4n) is 5.04. The molecule has 1 unspecified atom stereocenters. The van der Waals surface area contributed by atoms with Crippen molar-refractivity contribution in [1.29, 1.82) is 0 Å². The van der Waals surface area contributed by atoms with Crippen LogP contribution in [0.15, 0.2) is 35.0 Å². The number of aliphatic imine (C=N–C) groups is 1. The van der Waals surface area contributed by atoms with E-state index in [0.29, 0.717) is 5.57 Å². The summed E-state index contributed by atoms with van der Waals surface area (Å²) >= 11 is 0.493. The molecule has 2 fully saturated rings. The van der Waals surface area contributed by atoms with Crippen molar-refractivity contribution in [2.75, 3.05) is 39.7 Å². The average Bonchev–Trinajstić information content (AvgIpc) is 3.50. The Morgan fingerprint density at radius 3 is 2.91 bits per heavy atom. The van der Waals surface area contributed by atoms with Crippen LogP contribution in [-0.2, 0) is 20.7 Å². The molecule has 3 aliphatic heterocycles. The van der Waals surface area contributed by atoms with E-state index in [0.717, 1.165) is 70.0 Å². The number of ether oxygens (including phenoxy) is 2. The summed E-state index contributed by atoms with van der Waals surface area (Å²) in [5.74, 6) is -0.146. The minimum atomic E-state index is -1.88. The predicted molar refractivity (Wildman–Crippen MR) is 148 cm³/mol. The van der Waals surface area contributed by atoms with Crippen LogP contribution in [0.2, 0.25) is 0 Å². The van der Waals surface area contributed by atoms with Gasteiger partial charge in [0.05, 0.1) is 0 Å². The molecule has 0 saturated carbocycles. The van der Waals surface area contributed by atoms with Gasteiger partial charge in [-0.15, -0.1) is 0 Å². The number of halogens is 2. The van der Waals surface area contributed by atoms with Gasteiger partial charge in [0.25, 0.3) is 0 Å². The van der Waals surface area contributed by atoms with Gasteiger partial charge in [-0.05, 0) is 0 Å². The number of benzene rings is 1. The molecule has 1 N–H and O–H groups in total. The molecule has 3 aliphatic rings. The Kier molecular flexibility index (Phi) is 7.99. The summed E-state index contributed by atoms with van der Waals surface area (Å²) in [5, 5.41) is 0. The monoisotopic (exact) mass is 679 g/mol. The number of carbonyl (C=O) groups is 2. The molecular formula is C24H31I2N3O4. The summed E-state index contributed by atoms with van der Waals surface area (Å²) in [7, 11) is 2.97. The Hall–Kier alpha value is -1.21. The summed E-state index contributed by atoms with van der Waals surface area (Å²) in [5.41, 5.74) is 4.48. The summed E-state index contributed by atoms with van der Waals surface area (Å²) < 4.78 is 16.1. The molecule has 33 heavy (non-hydrogen) atoms. The van der Waals surface area contributed by atoms with Gasteiger partial charge in [0.15, 0.2) is 0 Å². The second-order valence-corrected chi connectivity index (χ2v) is 14.7. The molecule has 1 spiro atoms. The molecule has 2 saturated heterocycles. The SMILES string of the molecule is CC[C@@H]1CN2CCI(Nc3cccc(CCCI)c3C=O)C23N=C3[C@@H]1/C(=C\OC)C(=O)OC. The maximum absolute atomic E-state index is 12.6. The van der Waals surface area contributed by atoms with Crippen molar-refractivity contribution in [3.05, 3.63) is 41.2 Å². The first-order chi connectivity index (χ1) is 16.0. The quantitative estimate of drug-likeness (QED) is 0.0575. The van der Waals surface area contributed by atoms with Gasteiger partial charge in [-0.25, -0.2) is 0 Å². The van der Waals surface area contributed by atoms with Crippen molar-refractivity contribution >= 4 is 66.3 Å². The van der Waals surface area contributed by atoms with Crippen LogP contribution >= 0.6 is 42.7 Å². The fraction of sp³-hybridized carbons (Fsp3) is 0.542. The van der Waals surface area contributed by atoms with Crippen molar-refractivity contribution in [3.63, 3.8) is 0 Å². The molecule has 3 heterocycles. The standard InChI is InChI=1S/C24H31I2N3O4/c1-4-16-13-29-12-11-26(28-20-9-5-7-17(8-6-10-25)18(20)14-30)24(29)22(27-24)21(16)19(15-32-2)23(31)33-3/h5,7,9,14-16,21,28H,4,6,8,10-13H2,1-3H3/b19-15+/t16-,21+,24?/m1/s1. The number of esters is 1. The number of aryl methyl sites for hydroxylation is 1. The first-order valence-corrected chi connectivity index (χ1v) is 16.5. The molecular weight excluding hydrogens is 648 g/mol. The van der Waals surface area contributed by atoms with Crippen LogP contribution in [0.1, 0.15) is 35.7 Å². The van der Waals surface area contributed by atoms with Crippen LogP contribution < -0.4 is 3.53 Å². The Bertz CT molecular complexity index is 982. The van der Waals surface area contributed by atoms with Gasteiger partial charge in [-0.3, -0.25) is 0 Å². The maximum atomic E-state index is 12.6. The second-order valence-electron chi connectivity index (χ2n) is 8.41. The number of hydrogen-bond donors (Lipinski definition) is 1. The van der Waals surface area contributed by atoms with Gasteiger partial charge < -0.3 is 0 Å². The number of aldehydes is 1. The fourth-order valence-corrected chi connectivity index (χ4v) is 11.9. The number of methoxy groups -OCH3 is 2. The summed E-state index contributed by atoms with van der Waals surface area (Å²) in [6.07, 6.45) is 5.44. The van der Waals surface area contributed by atoms with Crippen LogP contribution in [0.5, 0.6) is 0 Å². The van der Waals surface area contributed by atoms with Gasteiger partial charge in [-0.1, -0.05) is 0 Å². The Morgan fingerprint density at radius 1 is 1.42 bits per heavy atom. The van der Waals surface area contributed by atoms with E-state index < -0.39 is 20.1 Å². The van der Waals surface area contributed by atoms with Crippen molar-refractivity contribution in [2.45, 2.75) is 29.9 Å². The van der Waals surface area contributed by atoms with E-state index in [9.17, 15) is 9.59 Å². The van der Waals surface area contributed by atoms with Crippen molar-refractivity contribution in [1.82, 2.24) is 4.90 Å². The number of anilines is 1. The van der Waals surface area contributed by atoms with E-state index in [4.69, 9.17) is 14.5 Å². The van der Waals surface area contributed by atoms with Crippen LogP contribution in [0.3, 0.4) is 0 Å². The second kappa shape index (κ2) is 10.6. The first-order valence-electron chi connectivity index (χ1n) is 11.3. The molecule has 0 amide bonds. The molecule has 9 heteroatoms. The number of nitrogens with zero attached hydrogens (tertiary/aromatic N) is 2. The third-order valence-corrected chi connectivity index (χ3v) is 13.5. The molecule has 4 rings (SSSR count). The van der Waals surface area contributed by atoms with E-state index in [1.165, 1.54) is 13.4 Å². The van der Waals surface area contributed by atoms with E-state index in [1.54, 1.807) is 7.11 Å². The first kappa shape index (κ1) is 24.9. The molecule has 7 nitrogen and oxygen atoms in total. The number of rotatable bonds is 10. The van der Waals surface area contributed by atoms with Crippen LogP contribution in [-0.4, -0.2) is 62.7 Å². The summed E-state index contributed by atoms with van der Waals surface area (Å²) in [6, 6.07) is 6.13. The predicted octanol–water partition coefficient (Wildman–Crippen LogP) is 4.48. The molecule has 0 radical (unpaired) electrons. The van der Waals surface area contributed by atoms with E-state index >= 15 is 0 Å². The average molecular weight is 679 g/mol. The van der Waals surface area contributed by atoms with Crippen LogP contribution in [0.25, 0.3) is 0 Å². The van der Waals surface area contributed by atoms with Crippen molar-refractivity contribution in [3.8, 4) is 0 Å². The van der Waals surface area contributed by atoms with Gasteiger partial charge in [0.1, 0.15) is 0 Å². The Balaban J connectivity index is 1.62. The number of carbonyl (C=O) groups excluding carboxylic acids is 2. The number of alkyl halides is 3. The molecule has 1 aromatic rings. The zero-order chi connectivity index (χ0) is 23.6. The molecule has 180 valence electrons. The topological polar surface area (TPSA) is 80.2 Å². The normalized spacial score (nSPS) is 27.3. The van der Waals surface area contributed by atoms with Gasteiger partial charge in [0.2, 0.25) is 0 Å². The van der Waals surface area contributed by atoms with Crippen molar-refractivity contribution < 1.29 is 19.1 Å². The van der Waals surface area contributed by atoms with Gasteiger partial charge in [-0.2, -0.15) is 0 Å². The van der Waals surface area contributed by atoms with Crippen molar-refractivity contribution in [2.24, 2.45) is 16.8 Å². The number of nitrogens with one attached hydrogen (secondary N) is 1. The Morgan fingerprint density at radius 2 is 2.24 bits per heavy atom. The van der Waals surface area contributed by atoms with Gasteiger partial charge >= 0.3 is 218 Å². The van der Waals surface area contributed by atoms with E-state index in [-0.39, 0.29) is 21.5 Å². The summed E-state index contributed by atoms with van der Waals surface area (Å²) in [4.78, 5) is 32.3. The third-order valence-electron chi connectivity index (χ3n) is 6.68. The molecule has 1 aromatic carbocycles. The molecule has 0 aromatic heterocycles.